The highest BCUT2D eigenvalue weighted by Crippen LogP contribution is 2.66. The molecule has 6 rings (SSSR count). The maximum atomic E-state index is 15.6. The molecule has 9 nitrogen and oxygen atoms in total. The molecule has 0 bridgehead atoms. The van der Waals surface area contributed by atoms with Gasteiger partial charge in [-0.2, -0.15) is 0 Å². The van der Waals surface area contributed by atoms with Gasteiger partial charge in [0.2, 0.25) is 7.44 Å². The Morgan fingerprint density at radius 2 is 1.15 bits per heavy atom. The lowest BCUT2D eigenvalue weighted by Gasteiger charge is -2.44. The van der Waals surface area contributed by atoms with Crippen LogP contribution in [0.2, 0.25) is 0 Å². The van der Waals surface area contributed by atoms with Gasteiger partial charge in [-0.1, -0.05) is 48.5 Å². The molecule has 0 unspecified atom stereocenters. The average Bonchev–Trinajstić information content (AvgIpc) is 3.50. The second kappa shape index (κ2) is 13.0. The first-order valence-electron chi connectivity index (χ1n) is 14.6. The number of esters is 1. The van der Waals surface area contributed by atoms with Crippen LogP contribution in [0.25, 0.3) is 5.76 Å². The van der Waals surface area contributed by atoms with Crippen LogP contribution in [0.5, 0.6) is 0 Å². The molecule has 0 N–H and O–H groups in total. The van der Waals surface area contributed by atoms with E-state index in [1.165, 1.54) is 0 Å². The zero-order chi connectivity index (χ0) is 28.1. The number of morpholine rings is 3. The van der Waals surface area contributed by atoms with Crippen molar-refractivity contribution in [2.24, 2.45) is 0 Å². The van der Waals surface area contributed by atoms with E-state index in [2.05, 4.69) is 14.2 Å². The molecule has 3 saturated heterocycles. The van der Waals surface area contributed by atoms with Crippen LogP contribution in [0.3, 0.4) is 0 Å². The van der Waals surface area contributed by atoms with Crippen molar-refractivity contribution in [2.45, 2.75) is 12.8 Å². The van der Waals surface area contributed by atoms with Crippen LogP contribution in [0.4, 0.5) is 0 Å². The lowest BCUT2D eigenvalue weighted by atomic mass is 10.0. The number of carbonyl (C=O) groups is 1. The number of benzene rings is 2. The molecule has 218 valence electrons. The lowest BCUT2D eigenvalue weighted by molar-refractivity contribution is 0.0513. The molecule has 0 spiro atoms. The number of ether oxygens (including phenoxy) is 4. The van der Waals surface area contributed by atoms with Crippen molar-refractivity contribution < 1.29 is 28.3 Å². The van der Waals surface area contributed by atoms with Crippen molar-refractivity contribution >= 4 is 19.2 Å². The summed E-state index contributed by atoms with van der Waals surface area (Å²) >= 11 is 0. The summed E-state index contributed by atoms with van der Waals surface area (Å²) in [6, 6.07) is 18.9. The molecule has 0 saturated carbocycles. The largest absolute Gasteiger partial charge is 0.422 e. The first kappa shape index (κ1) is 28.3. The highest BCUT2D eigenvalue weighted by molar-refractivity contribution is 7.63. The number of rotatable bonds is 7. The molecule has 0 atom stereocenters. The molecule has 0 aromatic heterocycles. The summed E-state index contributed by atoms with van der Waals surface area (Å²) in [6.07, 6.45) is 1.26. The second-order valence-corrected chi connectivity index (χ2v) is 13.3. The van der Waals surface area contributed by atoms with Gasteiger partial charge in [0.1, 0.15) is 5.76 Å². The number of nitrogens with zero attached hydrogens (tertiary/aromatic N) is 3. The Kier molecular flexibility index (Phi) is 9.01. The van der Waals surface area contributed by atoms with Gasteiger partial charge in [-0.3, -0.25) is 4.57 Å². The van der Waals surface area contributed by atoms with E-state index < -0.39 is 13.4 Å². The molecule has 3 aliphatic heterocycles. The molecular weight excluding hydrogens is 541 g/mol. The van der Waals surface area contributed by atoms with Crippen LogP contribution >= 0.6 is 7.44 Å². The molecule has 3 heterocycles. The smallest absolute Gasteiger partial charge is 0.343 e. The first-order valence-corrected chi connectivity index (χ1v) is 16.2. The van der Waals surface area contributed by atoms with Crippen molar-refractivity contribution in [1.82, 2.24) is 14.2 Å². The van der Waals surface area contributed by atoms with E-state index >= 15 is 4.57 Å². The Bertz CT molecular complexity index is 1290. The van der Waals surface area contributed by atoms with Gasteiger partial charge in [-0.05, 0) is 25.0 Å². The van der Waals surface area contributed by atoms with Crippen molar-refractivity contribution in [1.29, 1.82) is 0 Å². The molecule has 3 fully saturated rings. The Labute approximate surface area is 241 Å². The summed E-state index contributed by atoms with van der Waals surface area (Å²) in [4.78, 5) is 15.7. The van der Waals surface area contributed by atoms with Crippen LogP contribution in [0.1, 0.15) is 28.8 Å². The topological polar surface area (TPSA) is 80.8 Å². The summed E-state index contributed by atoms with van der Waals surface area (Å²) in [6.45, 7) is 7.23. The van der Waals surface area contributed by atoms with Gasteiger partial charge in [0.05, 0.1) is 50.9 Å². The summed E-state index contributed by atoms with van der Waals surface area (Å²) < 4.78 is 43.3. The molecule has 0 radical (unpaired) electrons. The van der Waals surface area contributed by atoms with Crippen LogP contribution in [-0.2, 0) is 23.5 Å². The lowest BCUT2D eigenvalue weighted by Crippen LogP contribution is -2.44. The molecule has 10 heteroatoms. The monoisotopic (exact) mass is 579 g/mol. The summed E-state index contributed by atoms with van der Waals surface area (Å²) in [5.74, 6) is 0.128. The van der Waals surface area contributed by atoms with Crippen molar-refractivity contribution in [3.63, 3.8) is 0 Å². The van der Waals surface area contributed by atoms with Gasteiger partial charge < -0.3 is 23.8 Å². The fourth-order valence-electron chi connectivity index (χ4n) is 6.10. The first-order chi connectivity index (χ1) is 20.2. The minimum Gasteiger partial charge on any atom is -0.422 e. The summed E-state index contributed by atoms with van der Waals surface area (Å²) in [5, 5.41) is 0.947. The van der Waals surface area contributed by atoms with E-state index in [1.807, 2.05) is 48.5 Å². The van der Waals surface area contributed by atoms with E-state index in [9.17, 15) is 4.79 Å². The molecule has 4 aliphatic rings. The number of hydrogen-bond donors (Lipinski definition) is 0. The van der Waals surface area contributed by atoms with Crippen molar-refractivity contribution in [2.75, 3.05) is 78.9 Å². The number of carbonyl (C=O) groups excluding carboxylic acids is 1. The fraction of sp³-hybridized carbons (Fsp3) is 0.452. The Balaban J connectivity index is 1.52. The van der Waals surface area contributed by atoms with Gasteiger partial charge in [-0.25, -0.2) is 14.1 Å². The molecule has 41 heavy (non-hydrogen) atoms. The van der Waals surface area contributed by atoms with Gasteiger partial charge >= 0.3 is 5.97 Å². The van der Waals surface area contributed by atoms with Crippen molar-refractivity contribution in [3.8, 4) is 0 Å². The Hall–Kier alpha value is -2.78. The third-order valence-corrected chi connectivity index (χ3v) is 11.6. The zero-order valence-corrected chi connectivity index (χ0v) is 24.3. The molecule has 2 aromatic carbocycles. The number of allylic oxidation sites excluding steroid dienone is 2. The SMILES string of the molecule is O=C(O/C(=C1/CCC(P(=O)(N2CCOCC2)N2CCOCC2)=C1N1CCOCC1)c1ccccc1)c1ccccc1. The van der Waals surface area contributed by atoms with Gasteiger partial charge in [0.25, 0.3) is 0 Å². The zero-order valence-electron chi connectivity index (χ0n) is 23.4. The van der Waals surface area contributed by atoms with Crippen molar-refractivity contribution in [3.05, 3.63) is 88.4 Å². The van der Waals surface area contributed by atoms with Gasteiger partial charge in [-0.15, -0.1) is 0 Å². The number of hydrogen-bond acceptors (Lipinski definition) is 7. The standard InChI is InChI=1S/C31H38N3O6P/c35-31(26-9-5-2-6-10-26)40-30(25-7-3-1-4-8-25)27-11-12-28(29(27)32-13-19-37-20-14-32)41(36,33-15-21-38-22-16-33)34-17-23-39-24-18-34/h1-10H,11-24H2/b30-27-. The summed E-state index contributed by atoms with van der Waals surface area (Å²) in [5.41, 5.74) is 3.20. The third-order valence-electron chi connectivity index (χ3n) is 8.11. The minimum absolute atomic E-state index is 0.406. The van der Waals surface area contributed by atoms with E-state index in [4.69, 9.17) is 18.9 Å². The van der Waals surface area contributed by atoms with E-state index in [-0.39, 0.29) is 0 Å². The maximum Gasteiger partial charge on any atom is 0.343 e. The molecule has 0 amide bonds. The molecule has 2 aromatic rings. The Morgan fingerprint density at radius 1 is 0.659 bits per heavy atom. The van der Waals surface area contributed by atoms with Crippen LogP contribution in [0, 0.1) is 0 Å². The molecule has 1 aliphatic carbocycles. The highest BCUT2D eigenvalue weighted by atomic mass is 31.2. The quantitative estimate of drug-likeness (QED) is 0.269. The third kappa shape index (κ3) is 5.93. The molecular formula is C31H38N3O6P. The summed E-state index contributed by atoms with van der Waals surface area (Å²) in [7, 11) is -3.17. The minimum atomic E-state index is -3.17. The average molecular weight is 580 g/mol. The van der Waals surface area contributed by atoms with Crippen LogP contribution in [-0.4, -0.2) is 99.1 Å². The highest BCUT2D eigenvalue weighted by Gasteiger charge is 2.47. The van der Waals surface area contributed by atoms with E-state index in [0.717, 1.165) is 22.1 Å². The maximum absolute atomic E-state index is 15.6. The predicted molar refractivity (Wildman–Crippen MR) is 156 cm³/mol. The normalized spacial score (nSPS) is 22.6. The van der Waals surface area contributed by atoms with E-state index in [1.54, 1.807) is 12.1 Å². The van der Waals surface area contributed by atoms with E-state index in [0.29, 0.717) is 103 Å². The second-order valence-electron chi connectivity index (χ2n) is 10.5. The van der Waals surface area contributed by atoms with Gasteiger partial charge in [0, 0.05) is 55.7 Å². The van der Waals surface area contributed by atoms with Gasteiger partial charge in [0.15, 0.2) is 0 Å². The van der Waals surface area contributed by atoms with Crippen LogP contribution < -0.4 is 0 Å². The predicted octanol–water partition coefficient (Wildman–Crippen LogP) is 4.45. The van der Waals surface area contributed by atoms with Crippen LogP contribution in [0.15, 0.2) is 77.2 Å². The Morgan fingerprint density at radius 3 is 1.68 bits per heavy atom. The fourth-order valence-corrected chi connectivity index (χ4v) is 9.51.